The van der Waals surface area contributed by atoms with E-state index < -0.39 is 6.09 Å². The first-order valence-electron chi connectivity index (χ1n) is 6.34. The van der Waals surface area contributed by atoms with Crippen molar-refractivity contribution < 1.29 is 9.90 Å². The summed E-state index contributed by atoms with van der Waals surface area (Å²) in [5.74, 6) is 1.59. The predicted molar refractivity (Wildman–Crippen MR) is 73.0 cm³/mol. The van der Waals surface area contributed by atoms with E-state index in [9.17, 15) is 4.79 Å². The van der Waals surface area contributed by atoms with E-state index in [1.165, 1.54) is 4.90 Å². The number of rotatable bonds is 2. The van der Waals surface area contributed by atoms with E-state index in [-0.39, 0.29) is 0 Å². The van der Waals surface area contributed by atoms with Crippen LogP contribution in [0.4, 0.5) is 10.7 Å². The third kappa shape index (κ3) is 2.65. The lowest BCUT2D eigenvalue weighted by Gasteiger charge is -2.17. The molecule has 1 aromatic rings. The topological polar surface area (TPSA) is 78.4 Å². The van der Waals surface area contributed by atoms with E-state index >= 15 is 0 Å². The van der Waals surface area contributed by atoms with Crippen molar-refractivity contribution in [2.24, 2.45) is 11.8 Å². The van der Waals surface area contributed by atoms with Crippen molar-refractivity contribution in [1.29, 1.82) is 0 Å². The predicted octanol–water partition coefficient (Wildman–Crippen LogP) is 2.04. The molecular formula is C12H15BrN4O2. The quantitative estimate of drug-likeness (QED) is 0.869. The number of aromatic nitrogens is 2. The van der Waals surface area contributed by atoms with Gasteiger partial charge in [-0.3, -0.25) is 0 Å². The number of nitrogens with one attached hydrogen (secondary N) is 1. The Morgan fingerprint density at radius 2 is 1.89 bits per heavy atom. The van der Waals surface area contributed by atoms with Gasteiger partial charge in [-0.05, 0) is 40.6 Å². The van der Waals surface area contributed by atoms with Gasteiger partial charge >= 0.3 is 6.09 Å². The van der Waals surface area contributed by atoms with Gasteiger partial charge in [0.15, 0.2) is 0 Å². The summed E-state index contributed by atoms with van der Waals surface area (Å²) in [4.78, 5) is 20.9. The molecule has 0 aromatic carbocycles. The Labute approximate surface area is 119 Å². The minimum atomic E-state index is -0.796. The van der Waals surface area contributed by atoms with Crippen molar-refractivity contribution in [3.63, 3.8) is 0 Å². The van der Waals surface area contributed by atoms with Crippen molar-refractivity contribution in [2.75, 3.05) is 18.4 Å². The fraction of sp³-hybridized carbons (Fsp3) is 0.583. The number of likely N-dealkylation sites (tertiary alicyclic amines) is 1. The van der Waals surface area contributed by atoms with Crippen LogP contribution in [-0.4, -0.2) is 45.2 Å². The Bertz CT molecular complexity index is 467. The highest BCUT2D eigenvalue weighted by Crippen LogP contribution is 2.38. The van der Waals surface area contributed by atoms with Crippen LogP contribution in [0.1, 0.15) is 12.8 Å². The molecule has 1 saturated carbocycles. The second kappa shape index (κ2) is 4.96. The first kappa shape index (κ1) is 12.7. The highest BCUT2D eigenvalue weighted by atomic mass is 79.9. The van der Waals surface area contributed by atoms with Crippen LogP contribution in [0.2, 0.25) is 0 Å². The Morgan fingerprint density at radius 1 is 1.32 bits per heavy atom. The summed E-state index contributed by atoms with van der Waals surface area (Å²) in [6.45, 7) is 1.33. The van der Waals surface area contributed by atoms with Crippen LogP contribution in [0.5, 0.6) is 0 Å². The normalized spacial score (nSPS) is 29.3. The highest BCUT2D eigenvalue weighted by molar-refractivity contribution is 9.10. The van der Waals surface area contributed by atoms with Crippen molar-refractivity contribution in [1.82, 2.24) is 14.9 Å². The Kier molecular flexibility index (Phi) is 3.30. The molecular weight excluding hydrogens is 312 g/mol. The van der Waals surface area contributed by atoms with Crippen LogP contribution >= 0.6 is 15.9 Å². The lowest BCUT2D eigenvalue weighted by Crippen LogP contribution is -2.29. The summed E-state index contributed by atoms with van der Waals surface area (Å²) >= 11 is 3.30. The third-order valence-corrected chi connectivity index (χ3v) is 4.38. The average molecular weight is 327 g/mol. The molecule has 1 aliphatic heterocycles. The second-order valence-electron chi connectivity index (χ2n) is 5.25. The zero-order valence-electron chi connectivity index (χ0n) is 10.3. The van der Waals surface area contributed by atoms with Gasteiger partial charge in [0.25, 0.3) is 0 Å². The van der Waals surface area contributed by atoms with Gasteiger partial charge in [0.05, 0.1) is 4.47 Å². The number of hydrogen-bond donors (Lipinski definition) is 2. The summed E-state index contributed by atoms with van der Waals surface area (Å²) < 4.78 is 0.860. The molecule has 1 saturated heterocycles. The first-order valence-corrected chi connectivity index (χ1v) is 7.13. The molecule has 1 aliphatic carbocycles. The van der Waals surface area contributed by atoms with Gasteiger partial charge in [-0.25, -0.2) is 14.8 Å². The standard InChI is InChI=1S/C12H15BrN4O2/c13-9-3-14-11(15-4-9)16-10-1-7-5-17(12(18)19)6-8(7)2-10/h3-4,7-8,10H,1-2,5-6H2,(H,18,19)(H,14,15,16)/t7-,8+,10-. The molecule has 0 bridgehead atoms. The summed E-state index contributed by atoms with van der Waals surface area (Å²) in [5.41, 5.74) is 0. The molecule has 2 aliphatic rings. The number of hydrogen-bond acceptors (Lipinski definition) is 4. The van der Waals surface area contributed by atoms with Crippen molar-refractivity contribution in [3.8, 4) is 0 Å². The SMILES string of the molecule is O=C(O)N1C[C@H]2C[C@@H](Nc3ncc(Br)cn3)C[C@H]2C1. The highest BCUT2D eigenvalue weighted by Gasteiger charge is 2.42. The maximum absolute atomic E-state index is 10.9. The van der Waals surface area contributed by atoms with Crippen molar-refractivity contribution in [2.45, 2.75) is 18.9 Å². The monoisotopic (exact) mass is 326 g/mol. The maximum atomic E-state index is 10.9. The van der Waals surface area contributed by atoms with Gasteiger partial charge < -0.3 is 15.3 Å². The van der Waals surface area contributed by atoms with Crippen LogP contribution in [-0.2, 0) is 0 Å². The van der Waals surface area contributed by atoms with Gasteiger partial charge in [-0.2, -0.15) is 0 Å². The van der Waals surface area contributed by atoms with Gasteiger partial charge in [-0.1, -0.05) is 0 Å². The molecule has 0 radical (unpaired) electrons. The van der Waals surface area contributed by atoms with Gasteiger partial charge in [0.1, 0.15) is 0 Å². The lowest BCUT2D eigenvalue weighted by atomic mass is 10.0. The van der Waals surface area contributed by atoms with E-state index in [1.54, 1.807) is 12.4 Å². The Balaban J connectivity index is 1.57. The van der Waals surface area contributed by atoms with Crippen LogP contribution in [0.3, 0.4) is 0 Å². The minimum Gasteiger partial charge on any atom is -0.465 e. The Morgan fingerprint density at radius 3 is 2.42 bits per heavy atom. The number of carbonyl (C=O) groups is 1. The molecule has 3 atom stereocenters. The van der Waals surface area contributed by atoms with Crippen LogP contribution < -0.4 is 5.32 Å². The number of amides is 1. The summed E-state index contributed by atoms with van der Waals surface area (Å²) in [7, 11) is 0. The molecule has 2 heterocycles. The summed E-state index contributed by atoms with van der Waals surface area (Å²) in [6, 6.07) is 0.354. The molecule has 3 rings (SSSR count). The van der Waals surface area contributed by atoms with Crippen molar-refractivity contribution in [3.05, 3.63) is 16.9 Å². The number of nitrogens with zero attached hydrogens (tertiary/aromatic N) is 3. The van der Waals surface area contributed by atoms with Crippen LogP contribution in [0.25, 0.3) is 0 Å². The summed E-state index contributed by atoms with van der Waals surface area (Å²) in [5, 5.41) is 12.3. The van der Waals surface area contributed by atoms with Crippen LogP contribution in [0, 0.1) is 11.8 Å². The van der Waals surface area contributed by atoms with E-state index in [2.05, 4.69) is 31.2 Å². The molecule has 2 N–H and O–H groups in total. The molecule has 0 spiro atoms. The minimum absolute atomic E-state index is 0.354. The third-order valence-electron chi connectivity index (χ3n) is 3.98. The molecule has 7 heteroatoms. The fourth-order valence-electron chi connectivity index (χ4n) is 3.14. The van der Waals surface area contributed by atoms with E-state index in [0.717, 1.165) is 17.3 Å². The molecule has 0 unspecified atom stereocenters. The molecule has 1 aromatic heterocycles. The first-order chi connectivity index (χ1) is 9.11. The molecule has 19 heavy (non-hydrogen) atoms. The van der Waals surface area contributed by atoms with Crippen LogP contribution in [0.15, 0.2) is 16.9 Å². The van der Waals surface area contributed by atoms with E-state index in [4.69, 9.17) is 5.11 Å². The maximum Gasteiger partial charge on any atom is 0.407 e. The largest absolute Gasteiger partial charge is 0.465 e. The number of fused-ring (bicyclic) bond motifs is 1. The van der Waals surface area contributed by atoms with E-state index in [1.807, 2.05) is 0 Å². The van der Waals surface area contributed by atoms with Gasteiger partial charge in [-0.15, -0.1) is 0 Å². The fourth-order valence-corrected chi connectivity index (χ4v) is 3.35. The van der Waals surface area contributed by atoms with Crippen molar-refractivity contribution >= 4 is 28.0 Å². The van der Waals surface area contributed by atoms with E-state index in [0.29, 0.717) is 36.9 Å². The zero-order chi connectivity index (χ0) is 13.4. The molecule has 102 valence electrons. The summed E-state index contributed by atoms with van der Waals surface area (Å²) in [6.07, 6.45) is 4.63. The molecule has 6 nitrogen and oxygen atoms in total. The smallest absolute Gasteiger partial charge is 0.407 e. The lowest BCUT2D eigenvalue weighted by molar-refractivity contribution is 0.152. The van der Waals surface area contributed by atoms with Gasteiger partial charge in [0.2, 0.25) is 5.95 Å². The molecule has 2 fully saturated rings. The Hall–Kier alpha value is -1.37. The number of halogens is 1. The second-order valence-corrected chi connectivity index (χ2v) is 6.16. The van der Waals surface area contributed by atoms with Gasteiger partial charge in [0, 0.05) is 31.5 Å². The molecule has 1 amide bonds. The zero-order valence-corrected chi connectivity index (χ0v) is 11.9. The number of carboxylic acid groups (broad SMARTS) is 1. The average Bonchev–Trinajstić information content (AvgIpc) is 2.90. The number of anilines is 1.